The summed E-state index contributed by atoms with van der Waals surface area (Å²) < 4.78 is 11.4. The highest BCUT2D eigenvalue weighted by Crippen LogP contribution is 2.24. The van der Waals surface area contributed by atoms with E-state index in [0.29, 0.717) is 0 Å². The SMILES string of the molecule is COc1ccc(CC2CN(Cc3ccn(C)n3)CCC2NC(=O)Nc2cc(C)ns2)cc1.[HH].[HH]. The number of urea groups is 1. The standard InChI is InChI=1S/C23H30N6O2S.2H2/c1-16-12-22(32-27-16)25-23(30)24-21-9-11-29(15-19-8-10-28(2)26-19)14-18(21)13-17-4-6-20(31-3)7-5-17;;/h4-8,10,12,18,21H,9,11,13-15H2,1-3H3,(H2,24,25,30);2*1H. The van der Waals surface area contributed by atoms with E-state index in [9.17, 15) is 4.79 Å². The molecule has 1 aliphatic heterocycles. The van der Waals surface area contributed by atoms with Crippen LogP contribution in [0.5, 0.6) is 5.75 Å². The summed E-state index contributed by atoms with van der Waals surface area (Å²) in [6, 6.07) is 12.1. The summed E-state index contributed by atoms with van der Waals surface area (Å²) in [4.78, 5) is 15.1. The molecule has 1 aromatic carbocycles. The minimum atomic E-state index is -0.170. The molecule has 0 spiro atoms. The fraction of sp³-hybridized carbons (Fsp3) is 0.435. The van der Waals surface area contributed by atoms with Gasteiger partial charge in [-0.2, -0.15) is 9.47 Å². The third kappa shape index (κ3) is 5.86. The van der Waals surface area contributed by atoms with E-state index in [0.717, 1.165) is 54.6 Å². The Bertz CT molecular complexity index is 1040. The van der Waals surface area contributed by atoms with E-state index in [4.69, 9.17) is 4.74 Å². The van der Waals surface area contributed by atoms with E-state index >= 15 is 0 Å². The van der Waals surface area contributed by atoms with Crippen molar-refractivity contribution in [3.63, 3.8) is 0 Å². The van der Waals surface area contributed by atoms with Gasteiger partial charge in [-0.1, -0.05) is 12.1 Å². The molecule has 0 bridgehead atoms. The molecule has 8 nitrogen and oxygen atoms in total. The second kappa shape index (κ2) is 10.1. The summed E-state index contributed by atoms with van der Waals surface area (Å²) in [7, 11) is 3.62. The number of rotatable bonds is 7. The van der Waals surface area contributed by atoms with Crippen LogP contribution in [0.25, 0.3) is 0 Å². The zero-order chi connectivity index (χ0) is 22.5. The Balaban J connectivity index is 0.00000204. The number of methoxy groups -OCH3 is 1. The molecule has 3 aromatic rings. The van der Waals surface area contributed by atoms with Crippen LogP contribution < -0.4 is 15.4 Å². The number of carbonyl (C=O) groups excluding carboxylic acids is 1. The quantitative estimate of drug-likeness (QED) is 0.560. The summed E-state index contributed by atoms with van der Waals surface area (Å²) >= 11 is 1.30. The number of benzene rings is 1. The molecule has 2 amide bonds. The first-order chi connectivity index (χ1) is 15.5. The molecular formula is C23H34N6O2S. The fourth-order valence-corrected chi connectivity index (χ4v) is 4.88. The Morgan fingerprint density at radius 3 is 2.78 bits per heavy atom. The number of hydrogen-bond acceptors (Lipinski definition) is 6. The molecule has 2 unspecified atom stereocenters. The molecule has 1 aliphatic rings. The van der Waals surface area contributed by atoms with Gasteiger partial charge in [0.05, 0.1) is 18.5 Å². The van der Waals surface area contributed by atoms with Crippen molar-refractivity contribution >= 4 is 22.6 Å². The Morgan fingerprint density at radius 2 is 2.12 bits per heavy atom. The fourth-order valence-electron chi connectivity index (χ4n) is 4.23. The van der Waals surface area contributed by atoms with E-state index in [2.05, 4.69) is 43.2 Å². The van der Waals surface area contributed by atoms with Gasteiger partial charge in [-0.25, -0.2) is 4.79 Å². The maximum atomic E-state index is 12.7. The van der Waals surface area contributed by atoms with Gasteiger partial charge in [0.1, 0.15) is 10.8 Å². The zero-order valence-electron chi connectivity index (χ0n) is 18.7. The zero-order valence-corrected chi connectivity index (χ0v) is 19.6. The van der Waals surface area contributed by atoms with Crippen LogP contribution >= 0.6 is 11.5 Å². The molecule has 0 radical (unpaired) electrons. The van der Waals surface area contributed by atoms with Crippen LogP contribution in [0.2, 0.25) is 0 Å². The normalized spacial score (nSPS) is 19.0. The monoisotopic (exact) mass is 458 g/mol. The largest absolute Gasteiger partial charge is 0.497 e. The van der Waals surface area contributed by atoms with Crippen LogP contribution in [0.4, 0.5) is 9.80 Å². The lowest BCUT2D eigenvalue weighted by atomic mass is 9.86. The molecule has 2 N–H and O–H groups in total. The van der Waals surface area contributed by atoms with Gasteiger partial charge < -0.3 is 10.1 Å². The summed E-state index contributed by atoms with van der Waals surface area (Å²) in [6.45, 7) is 4.55. The second-order valence-corrected chi connectivity index (χ2v) is 9.16. The van der Waals surface area contributed by atoms with Crippen molar-refractivity contribution in [3.8, 4) is 5.75 Å². The number of hydrogen-bond donors (Lipinski definition) is 2. The predicted octanol–water partition coefficient (Wildman–Crippen LogP) is 3.94. The van der Waals surface area contributed by atoms with Gasteiger partial charge in [0.25, 0.3) is 0 Å². The predicted molar refractivity (Wildman–Crippen MR) is 130 cm³/mol. The maximum absolute atomic E-state index is 12.7. The van der Waals surface area contributed by atoms with E-state index < -0.39 is 0 Å². The Hall–Kier alpha value is -2.91. The molecule has 2 aromatic heterocycles. The first-order valence-electron chi connectivity index (χ1n) is 10.8. The molecule has 32 heavy (non-hydrogen) atoms. The highest BCUT2D eigenvalue weighted by atomic mass is 32.1. The van der Waals surface area contributed by atoms with E-state index in [1.807, 2.05) is 43.0 Å². The van der Waals surface area contributed by atoms with Gasteiger partial charge in [-0.3, -0.25) is 14.9 Å². The Labute approximate surface area is 195 Å². The number of aryl methyl sites for hydroxylation is 2. The number of nitrogens with zero attached hydrogens (tertiary/aromatic N) is 4. The maximum Gasteiger partial charge on any atom is 0.320 e. The minimum Gasteiger partial charge on any atom is -0.497 e. The third-order valence-corrected chi connectivity index (χ3v) is 6.61. The number of likely N-dealkylation sites (tertiary alicyclic amines) is 1. The lowest BCUT2D eigenvalue weighted by Gasteiger charge is -2.38. The minimum absolute atomic E-state index is 0. The topological polar surface area (TPSA) is 84.3 Å². The van der Waals surface area contributed by atoms with Gasteiger partial charge in [0, 0.05) is 41.8 Å². The van der Waals surface area contributed by atoms with Crippen molar-refractivity contribution < 1.29 is 12.4 Å². The second-order valence-electron chi connectivity index (χ2n) is 8.35. The number of amides is 2. The van der Waals surface area contributed by atoms with E-state index in [1.165, 1.54) is 17.1 Å². The molecule has 1 saturated heterocycles. The lowest BCUT2D eigenvalue weighted by molar-refractivity contribution is 0.133. The molecule has 3 heterocycles. The van der Waals surface area contributed by atoms with Gasteiger partial charge in [-0.05, 0) is 67.0 Å². The highest BCUT2D eigenvalue weighted by molar-refractivity contribution is 7.10. The molecule has 9 heteroatoms. The van der Waals surface area contributed by atoms with E-state index in [1.54, 1.807) is 7.11 Å². The highest BCUT2D eigenvalue weighted by Gasteiger charge is 2.31. The number of nitrogens with one attached hydrogen (secondary N) is 2. The summed E-state index contributed by atoms with van der Waals surface area (Å²) in [5.41, 5.74) is 3.21. The summed E-state index contributed by atoms with van der Waals surface area (Å²) in [6.07, 6.45) is 3.75. The number of anilines is 1. The molecule has 0 aliphatic carbocycles. The Morgan fingerprint density at radius 1 is 1.31 bits per heavy atom. The molecule has 4 rings (SSSR count). The van der Waals surface area contributed by atoms with Crippen molar-refractivity contribution in [1.82, 2.24) is 24.4 Å². The van der Waals surface area contributed by atoms with E-state index in [-0.39, 0.29) is 20.8 Å². The number of ether oxygens (including phenoxy) is 1. The van der Waals surface area contributed by atoms with Gasteiger partial charge in [0.15, 0.2) is 0 Å². The Kier molecular flexibility index (Phi) is 7.06. The lowest BCUT2D eigenvalue weighted by Crippen LogP contribution is -2.52. The molecule has 2 atom stereocenters. The van der Waals surface area contributed by atoms with Crippen LogP contribution in [-0.4, -0.2) is 51.3 Å². The summed E-state index contributed by atoms with van der Waals surface area (Å²) in [5.74, 6) is 1.14. The van der Waals surface area contributed by atoms with Crippen molar-refractivity contribution in [2.75, 3.05) is 25.5 Å². The average molecular weight is 459 g/mol. The van der Waals surface area contributed by atoms with Crippen molar-refractivity contribution in [3.05, 3.63) is 59.5 Å². The van der Waals surface area contributed by atoms with Crippen LogP contribution in [0.3, 0.4) is 0 Å². The first-order valence-corrected chi connectivity index (χ1v) is 11.6. The third-order valence-electron chi connectivity index (χ3n) is 5.81. The molecule has 1 fully saturated rings. The number of aromatic nitrogens is 3. The number of piperidine rings is 1. The van der Waals surface area contributed by atoms with Gasteiger partial charge in [-0.15, -0.1) is 0 Å². The molecule has 174 valence electrons. The van der Waals surface area contributed by atoms with Crippen molar-refractivity contribution in [1.29, 1.82) is 0 Å². The molecule has 0 saturated carbocycles. The van der Waals surface area contributed by atoms with Crippen molar-refractivity contribution in [2.24, 2.45) is 13.0 Å². The van der Waals surface area contributed by atoms with Crippen LogP contribution in [-0.2, 0) is 20.0 Å². The smallest absolute Gasteiger partial charge is 0.320 e. The summed E-state index contributed by atoms with van der Waals surface area (Å²) in [5, 5.41) is 11.4. The van der Waals surface area contributed by atoms with Crippen molar-refractivity contribution in [2.45, 2.75) is 32.4 Å². The van der Waals surface area contributed by atoms with Gasteiger partial charge in [0.2, 0.25) is 0 Å². The first kappa shape index (κ1) is 22.3. The van der Waals surface area contributed by atoms with Crippen LogP contribution in [0, 0.1) is 12.8 Å². The average Bonchev–Trinajstić information content (AvgIpc) is 3.37. The van der Waals surface area contributed by atoms with Crippen LogP contribution in [0.15, 0.2) is 42.6 Å². The molecular weight excluding hydrogens is 424 g/mol. The van der Waals surface area contributed by atoms with Crippen LogP contribution in [0.1, 0.15) is 26.2 Å². The van der Waals surface area contributed by atoms with Gasteiger partial charge >= 0.3 is 6.03 Å². The number of carbonyl (C=O) groups is 1.